The molecular weight excluding hydrogens is 566 g/mol. The van der Waals surface area contributed by atoms with Crippen LogP contribution in [0, 0.1) is 25.1 Å². The smallest absolute Gasteiger partial charge is 0.349 e. The van der Waals surface area contributed by atoms with E-state index in [0.717, 1.165) is 58.2 Å². The van der Waals surface area contributed by atoms with Crippen molar-refractivity contribution in [2.45, 2.75) is 63.6 Å². The molecule has 0 spiro atoms. The molecule has 228 valence electrons. The van der Waals surface area contributed by atoms with Gasteiger partial charge in [-0.25, -0.2) is 13.6 Å². The van der Waals surface area contributed by atoms with E-state index in [1.54, 1.807) is 6.92 Å². The lowest BCUT2D eigenvalue weighted by atomic mass is 9.95. The Morgan fingerprint density at radius 1 is 1.14 bits per heavy atom. The first-order valence-corrected chi connectivity index (χ1v) is 15.3. The molecule has 0 radical (unpaired) electrons. The Hall–Kier alpha value is -4.23. The van der Waals surface area contributed by atoms with Gasteiger partial charge in [-0.3, -0.25) is 4.90 Å². The van der Waals surface area contributed by atoms with Gasteiger partial charge in [-0.1, -0.05) is 24.8 Å². The van der Waals surface area contributed by atoms with Crippen molar-refractivity contribution in [2.24, 2.45) is 0 Å². The van der Waals surface area contributed by atoms with E-state index in [2.05, 4.69) is 15.7 Å². The van der Waals surface area contributed by atoms with E-state index in [0.29, 0.717) is 40.6 Å². The van der Waals surface area contributed by atoms with Gasteiger partial charge in [0.2, 0.25) is 0 Å². The van der Waals surface area contributed by atoms with Crippen LogP contribution in [-0.2, 0) is 0 Å². The third kappa shape index (κ3) is 4.74. The molecular formula is C34H34F2N4O4. The molecule has 0 saturated carbocycles. The fourth-order valence-corrected chi connectivity index (χ4v) is 7.44. The number of rotatable bonds is 5. The van der Waals surface area contributed by atoms with E-state index < -0.39 is 23.2 Å². The average Bonchev–Trinajstić information content (AvgIpc) is 3.38. The SMILES string of the molecule is C#Cc1c(F)ccc2cc(O)cc(-c3oc(=O)c4c(N5CCCCCC5)nc(OC[C@@]56CCCN5C[C@H](F)C6)nc4c3C)c12. The summed E-state index contributed by atoms with van der Waals surface area (Å²) in [5.41, 5.74) is 0.0605. The predicted molar refractivity (Wildman–Crippen MR) is 165 cm³/mol. The first-order chi connectivity index (χ1) is 21.3. The van der Waals surface area contributed by atoms with Crippen molar-refractivity contribution >= 4 is 27.5 Å². The minimum absolute atomic E-state index is 0.000263. The van der Waals surface area contributed by atoms with Crippen LogP contribution in [0.4, 0.5) is 14.6 Å². The van der Waals surface area contributed by atoms with Crippen molar-refractivity contribution < 1.29 is 23.0 Å². The molecule has 5 heterocycles. The molecule has 0 unspecified atom stereocenters. The van der Waals surface area contributed by atoms with Crippen molar-refractivity contribution in [3.63, 3.8) is 0 Å². The number of halogens is 2. The Labute approximate surface area is 253 Å². The van der Waals surface area contributed by atoms with Crippen LogP contribution in [0.3, 0.4) is 0 Å². The minimum atomic E-state index is -0.895. The van der Waals surface area contributed by atoms with Crippen molar-refractivity contribution in [2.75, 3.05) is 37.7 Å². The Morgan fingerprint density at radius 2 is 1.93 bits per heavy atom. The van der Waals surface area contributed by atoms with Crippen LogP contribution < -0.4 is 15.3 Å². The number of aromatic hydroxyl groups is 1. The Morgan fingerprint density at radius 3 is 2.70 bits per heavy atom. The van der Waals surface area contributed by atoms with Crippen LogP contribution in [-0.4, -0.2) is 64.5 Å². The summed E-state index contributed by atoms with van der Waals surface area (Å²) in [4.78, 5) is 27.6. The zero-order valence-corrected chi connectivity index (χ0v) is 24.7. The maximum Gasteiger partial charge on any atom is 0.349 e. The number of phenols is 1. The summed E-state index contributed by atoms with van der Waals surface area (Å²) in [6, 6.07) is 5.77. The van der Waals surface area contributed by atoms with Crippen LogP contribution in [0.1, 0.15) is 56.1 Å². The number of benzene rings is 2. The van der Waals surface area contributed by atoms with Crippen LogP contribution in [0.5, 0.6) is 11.8 Å². The van der Waals surface area contributed by atoms with E-state index in [4.69, 9.17) is 25.5 Å². The topological polar surface area (TPSA) is 91.9 Å². The highest BCUT2D eigenvalue weighted by molar-refractivity contribution is 6.03. The van der Waals surface area contributed by atoms with Gasteiger partial charge in [0.15, 0.2) is 5.82 Å². The largest absolute Gasteiger partial charge is 0.508 e. The van der Waals surface area contributed by atoms with Gasteiger partial charge in [-0.05, 0) is 62.7 Å². The predicted octanol–water partition coefficient (Wildman–Crippen LogP) is 5.87. The van der Waals surface area contributed by atoms with Gasteiger partial charge in [-0.2, -0.15) is 9.97 Å². The molecule has 2 aromatic carbocycles. The highest BCUT2D eigenvalue weighted by atomic mass is 19.1. The molecule has 7 rings (SSSR count). The number of phenolic OH excluding ortho intramolecular Hbond substituents is 1. The summed E-state index contributed by atoms with van der Waals surface area (Å²) in [7, 11) is 0. The number of ether oxygens (including phenoxy) is 1. The summed E-state index contributed by atoms with van der Waals surface area (Å²) < 4.78 is 41.6. The van der Waals surface area contributed by atoms with Gasteiger partial charge < -0.3 is 19.2 Å². The molecule has 10 heteroatoms. The lowest BCUT2D eigenvalue weighted by Gasteiger charge is -2.31. The molecule has 0 amide bonds. The minimum Gasteiger partial charge on any atom is -0.508 e. The molecule has 2 atom stereocenters. The van der Waals surface area contributed by atoms with Gasteiger partial charge in [0.05, 0.1) is 16.6 Å². The van der Waals surface area contributed by atoms with Crippen LogP contribution in [0.25, 0.3) is 33.0 Å². The Balaban J connectivity index is 1.42. The normalized spacial score (nSPS) is 22.3. The zero-order chi connectivity index (χ0) is 30.6. The number of aryl methyl sites for hydroxylation is 1. The number of fused-ring (bicyclic) bond motifs is 3. The second-order valence-electron chi connectivity index (χ2n) is 12.3. The van der Waals surface area contributed by atoms with Gasteiger partial charge in [0, 0.05) is 42.6 Å². The van der Waals surface area contributed by atoms with E-state index in [1.165, 1.54) is 24.3 Å². The molecule has 3 aliphatic heterocycles. The first-order valence-electron chi connectivity index (χ1n) is 15.3. The molecule has 4 aromatic rings. The number of alkyl halides is 1. The summed E-state index contributed by atoms with van der Waals surface area (Å²) in [6.07, 6.45) is 11.1. The van der Waals surface area contributed by atoms with Gasteiger partial charge >= 0.3 is 11.6 Å². The van der Waals surface area contributed by atoms with E-state index >= 15 is 0 Å². The van der Waals surface area contributed by atoms with E-state index in [-0.39, 0.29) is 40.6 Å². The molecule has 2 aromatic heterocycles. The average molecular weight is 601 g/mol. The molecule has 0 aliphatic carbocycles. The zero-order valence-electron chi connectivity index (χ0n) is 24.7. The number of hydrogen-bond donors (Lipinski definition) is 1. The second kappa shape index (κ2) is 11.0. The number of hydrogen-bond acceptors (Lipinski definition) is 8. The van der Waals surface area contributed by atoms with Gasteiger partial charge in [0.1, 0.15) is 35.5 Å². The fourth-order valence-electron chi connectivity index (χ4n) is 7.44. The monoisotopic (exact) mass is 600 g/mol. The third-order valence-corrected chi connectivity index (χ3v) is 9.54. The summed E-state index contributed by atoms with van der Waals surface area (Å²) in [5, 5.41) is 11.7. The van der Waals surface area contributed by atoms with Crippen molar-refractivity contribution in [3.8, 4) is 35.4 Å². The van der Waals surface area contributed by atoms with Crippen molar-refractivity contribution in [1.29, 1.82) is 0 Å². The number of nitrogens with zero attached hydrogens (tertiary/aromatic N) is 4. The van der Waals surface area contributed by atoms with Crippen molar-refractivity contribution in [3.05, 3.63) is 51.6 Å². The third-order valence-electron chi connectivity index (χ3n) is 9.54. The lowest BCUT2D eigenvalue weighted by Crippen LogP contribution is -2.43. The molecule has 8 nitrogen and oxygen atoms in total. The van der Waals surface area contributed by atoms with Crippen LogP contribution >= 0.6 is 0 Å². The van der Waals surface area contributed by atoms with Gasteiger partial charge in [-0.15, -0.1) is 6.42 Å². The summed E-state index contributed by atoms with van der Waals surface area (Å²) in [5.74, 6) is 2.28. The quantitative estimate of drug-likeness (QED) is 0.285. The summed E-state index contributed by atoms with van der Waals surface area (Å²) in [6.45, 7) is 4.68. The maximum atomic E-state index is 14.9. The number of aromatic nitrogens is 2. The van der Waals surface area contributed by atoms with E-state index in [9.17, 15) is 18.7 Å². The number of terminal acetylenes is 1. The first kappa shape index (κ1) is 28.5. The highest BCUT2D eigenvalue weighted by Crippen LogP contribution is 2.42. The second-order valence-corrected chi connectivity index (χ2v) is 12.3. The highest BCUT2D eigenvalue weighted by Gasteiger charge is 2.49. The molecule has 3 saturated heterocycles. The van der Waals surface area contributed by atoms with Crippen LogP contribution in [0.15, 0.2) is 33.5 Å². The van der Waals surface area contributed by atoms with Gasteiger partial charge in [0.25, 0.3) is 0 Å². The number of anilines is 1. The van der Waals surface area contributed by atoms with E-state index in [1.807, 2.05) is 0 Å². The molecule has 0 bridgehead atoms. The lowest BCUT2D eigenvalue weighted by molar-refractivity contribution is 0.107. The molecule has 44 heavy (non-hydrogen) atoms. The standard InChI is InChI=1S/C34H34F2N4O4/c1-3-24-26(36)10-9-21-15-23(41)16-25(27(21)24)30-20(2)29-28(32(42)44-30)31(39-12-6-4-5-7-13-39)38-33(37-29)43-19-34-11-8-14-40(34)18-22(35)17-34/h1,9-10,15-16,22,41H,4-8,11-14,17-19H2,2H3/t22-,34+/m1/s1. The van der Waals surface area contributed by atoms with Crippen molar-refractivity contribution in [1.82, 2.24) is 14.9 Å². The van der Waals surface area contributed by atoms with Crippen LogP contribution in [0.2, 0.25) is 0 Å². The Kier molecular flexibility index (Phi) is 7.16. The molecule has 1 N–H and O–H groups in total. The molecule has 3 aliphatic rings. The summed E-state index contributed by atoms with van der Waals surface area (Å²) >= 11 is 0. The fraction of sp³-hybridized carbons (Fsp3) is 0.441. The maximum absolute atomic E-state index is 14.9. The Bertz CT molecular complexity index is 1880. The molecule has 3 fully saturated rings.